The fourth-order valence-corrected chi connectivity index (χ4v) is 3.48. The number of amides is 2. The van der Waals surface area contributed by atoms with Crippen molar-refractivity contribution in [2.24, 2.45) is 0 Å². The van der Waals surface area contributed by atoms with Gasteiger partial charge < -0.3 is 14.5 Å². The number of carbonyl (C=O) groups excluding carboxylic acids is 2. The van der Waals surface area contributed by atoms with E-state index in [1.807, 2.05) is 19.9 Å². The minimum atomic E-state index is -0.344. The summed E-state index contributed by atoms with van der Waals surface area (Å²) in [5.74, 6) is 0.185. The van der Waals surface area contributed by atoms with Gasteiger partial charge in [0.05, 0.1) is 45.2 Å². The van der Waals surface area contributed by atoms with E-state index in [1.165, 1.54) is 10.6 Å². The lowest BCUT2D eigenvalue weighted by Crippen LogP contribution is -3.15. The zero-order valence-corrected chi connectivity index (χ0v) is 17.7. The smallest absolute Gasteiger partial charge is 0.269 e. The third-order valence-corrected chi connectivity index (χ3v) is 5.10. The first-order chi connectivity index (χ1) is 14.5. The van der Waals surface area contributed by atoms with E-state index in [1.54, 1.807) is 24.3 Å². The van der Waals surface area contributed by atoms with Crippen LogP contribution in [0.15, 0.2) is 54.6 Å². The molecule has 3 rings (SSSR count). The van der Waals surface area contributed by atoms with Gasteiger partial charge in [-0.1, -0.05) is 18.2 Å². The SMILES string of the molecule is CC(C)Oc1ccc(C(=O)NNC(=O)CC[NH+]2CCN(c3ccccc3)CC2)cc1. The number of piperazine rings is 1. The molecule has 0 unspecified atom stereocenters. The van der Waals surface area contributed by atoms with Crippen molar-refractivity contribution in [3.8, 4) is 5.75 Å². The summed E-state index contributed by atoms with van der Waals surface area (Å²) in [5.41, 5.74) is 6.70. The third-order valence-electron chi connectivity index (χ3n) is 5.10. The van der Waals surface area contributed by atoms with Gasteiger partial charge >= 0.3 is 0 Å². The molecule has 3 N–H and O–H groups in total. The van der Waals surface area contributed by atoms with Gasteiger partial charge in [-0.05, 0) is 50.2 Å². The minimum Gasteiger partial charge on any atom is -0.491 e. The van der Waals surface area contributed by atoms with E-state index in [9.17, 15) is 9.59 Å². The highest BCUT2D eigenvalue weighted by molar-refractivity contribution is 5.95. The van der Waals surface area contributed by atoms with Crippen LogP contribution in [0.3, 0.4) is 0 Å². The summed E-state index contributed by atoms with van der Waals surface area (Å²) in [4.78, 5) is 28.1. The molecular formula is C23H31N4O3+. The number of nitrogens with zero attached hydrogens (tertiary/aromatic N) is 1. The molecule has 0 aliphatic carbocycles. The number of hydrogen-bond acceptors (Lipinski definition) is 4. The van der Waals surface area contributed by atoms with Crippen molar-refractivity contribution in [2.75, 3.05) is 37.6 Å². The Hall–Kier alpha value is -3.06. The van der Waals surface area contributed by atoms with Crippen LogP contribution in [0.4, 0.5) is 5.69 Å². The van der Waals surface area contributed by atoms with Gasteiger partial charge in [-0.2, -0.15) is 0 Å². The topological polar surface area (TPSA) is 75.1 Å². The Morgan fingerprint density at radius 2 is 1.67 bits per heavy atom. The van der Waals surface area contributed by atoms with Gasteiger partial charge in [0.1, 0.15) is 5.75 Å². The van der Waals surface area contributed by atoms with Crippen molar-refractivity contribution in [1.82, 2.24) is 10.9 Å². The highest BCUT2D eigenvalue weighted by atomic mass is 16.5. The van der Waals surface area contributed by atoms with Crippen LogP contribution in [-0.2, 0) is 4.79 Å². The van der Waals surface area contributed by atoms with Crippen LogP contribution in [0.2, 0.25) is 0 Å². The van der Waals surface area contributed by atoms with Crippen molar-refractivity contribution >= 4 is 17.5 Å². The van der Waals surface area contributed by atoms with Crippen LogP contribution in [0, 0.1) is 0 Å². The molecule has 2 amide bonds. The molecule has 7 heteroatoms. The number of hydrazine groups is 1. The molecule has 0 radical (unpaired) electrons. The van der Waals surface area contributed by atoms with E-state index >= 15 is 0 Å². The van der Waals surface area contributed by atoms with Crippen molar-refractivity contribution in [3.05, 3.63) is 60.2 Å². The van der Waals surface area contributed by atoms with Crippen molar-refractivity contribution < 1.29 is 19.2 Å². The van der Waals surface area contributed by atoms with Gasteiger partial charge in [0.15, 0.2) is 0 Å². The Balaban J connectivity index is 1.34. The maximum Gasteiger partial charge on any atom is 0.269 e. The Bertz CT molecular complexity index is 816. The average molecular weight is 412 g/mol. The molecule has 0 saturated carbocycles. The van der Waals surface area contributed by atoms with E-state index in [-0.39, 0.29) is 17.9 Å². The fourth-order valence-electron chi connectivity index (χ4n) is 3.48. The van der Waals surface area contributed by atoms with Crippen molar-refractivity contribution in [2.45, 2.75) is 26.4 Å². The van der Waals surface area contributed by atoms with Crippen LogP contribution in [0.5, 0.6) is 5.75 Å². The highest BCUT2D eigenvalue weighted by Gasteiger charge is 2.20. The Labute approximate surface area is 178 Å². The summed E-state index contributed by atoms with van der Waals surface area (Å²) in [6.45, 7) is 8.61. The minimum absolute atomic E-state index is 0.0763. The first-order valence-electron chi connectivity index (χ1n) is 10.5. The van der Waals surface area contributed by atoms with E-state index < -0.39 is 0 Å². The molecule has 30 heavy (non-hydrogen) atoms. The summed E-state index contributed by atoms with van der Waals surface area (Å²) in [6, 6.07) is 17.2. The number of nitrogens with one attached hydrogen (secondary N) is 3. The lowest BCUT2D eigenvalue weighted by Gasteiger charge is -2.33. The zero-order valence-electron chi connectivity index (χ0n) is 17.7. The largest absolute Gasteiger partial charge is 0.491 e. The van der Waals surface area contributed by atoms with E-state index in [0.29, 0.717) is 17.7 Å². The number of hydrogen-bond donors (Lipinski definition) is 3. The Morgan fingerprint density at radius 3 is 2.30 bits per heavy atom. The molecule has 0 bridgehead atoms. The summed E-state index contributed by atoms with van der Waals surface area (Å²) in [5, 5.41) is 0. The van der Waals surface area contributed by atoms with Crippen LogP contribution < -0.4 is 25.4 Å². The van der Waals surface area contributed by atoms with Crippen LogP contribution in [-0.4, -0.2) is 50.6 Å². The van der Waals surface area contributed by atoms with Crippen molar-refractivity contribution in [3.63, 3.8) is 0 Å². The molecule has 0 aromatic heterocycles. The molecule has 1 heterocycles. The predicted octanol–water partition coefficient (Wildman–Crippen LogP) is 1.03. The first-order valence-corrected chi connectivity index (χ1v) is 10.5. The molecule has 0 spiro atoms. The third kappa shape index (κ3) is 6.49. The van der Waals surface area contributed by atoms with Gasteiger partial charge in [-0.25, -0.2) is 0 Å². The average Bonchev–Trinajstić information content (AvgIpc) is 2.77. The van der Waals surface area contributed by atoms with Gasteiger partial charge in [-0.3, -0.25) is 20.4 Å². The standard InChI is InChI=1S/C23H30N4O3/c1-18(2)30-21-10-8-19(9-11-21)23(29)25-24-22(28)12-13-26-14-16-27(17-15-26)20-6-4-3-5-7-20/h3-11,18H,12-17H2,1-2H3,(H,24,28)(H,25,29)/p+1. The summed E-state index contributed by atoms with van der Waals surface area (Å²) >= 11 is 0. The molecule has 1 aliphatic heterocycles. The molecule has 0 atom stereocenters. The highest BCUT2D eigenvalue weighted by Crippen LogP contribution is 2.14. The number of carbonyl (C=O) groups is 2. The molecule has 1 fully saturated rings. The molecular weight excluding hydrogens is 380 g/mol. The van der Waals surface area contributed by atoms with Crippen LogP contribution in [0.1, 0.15) is 30.6 Å². The molecule has 1 aliphatic rings. The summed E-state index contributed by atoms with van der Waals surface area (Å²) in [6.07, 6.45) is 0.453. The quantitative estimate of drug-likeness (QED) is 0.595. The van der Waals surface area contributed by atoms with E-state index in [0.717, 1.165) is 32.7 Å². The molecule has 160 valence electrons. The number of anilines is 1. The normalized spacial score (nSPS) is 14.4. The summed E-state index contributed by atoms with van der Waals surface area (Å²) < 4.78 is 5.56. The Morgan fingerprint density at radius 1 is 1.00 bits per heavy atom. The first kappa shape index (κ1) is 21.6. The van der Waals surface area contributed by atoms with Crippen LogP contribution >= 0.6 is 0 Å². The number of benzene rings is 2. The predicted molar refractivity (Wildman–Crippen MR) is 117 cm³/mol. The fraction of sp³-hybridized carbons (Fsp3) is 0.391. The second-order valence-corrected chi connectivity index (χ2v) is 7.77. The van der Waals surface area contributed by atoms with Gasteiger partial charge in [-0.15, -0.1) is 0 Å². The van der Waals surface area contributed by atoms with Crippen LogP contribution in [0.25, 0.3) is 0 Å². The number of rotatable bonds is 7. The molecule has 2 aromatic rings. The lowest BCUT2D eigenvalue weighted by molar-refractivity contribution is -0.900. The second kappa shape index (κ2) is 10.6. The second-order valence-electron chi connectivity index (χ2n) is 7.77. The van der Waals surface area contributed by atoms with Gasteiger partial charge in [0.2, 0.25) is 5.91 Å². The molecule has 2 aromatic carbocycles. The Kier molecular flexibility index (Phi) is 7.68. The monoisotopic (exact) mass is 411 g/mol. The van der Waals surface area contributed by atoms with E-state index in [4.69, 9.17) is 4.74 Å². The van der Waals surface area contributed by atoms with Crippen molar-refractivity contribution in [1.29, 1.82) is 0 Å². The number of quaternary nitrogens is 1. The lowest BCUT2D eigenvalue weighted by atomic mass is 10.2. The maximum absolute atomic E-state index is 12.2. The molecule has 1 saturated heterocycles. The van der Waals surface area contributed by atoms with E-state index in [2.05, 4.69) is 40.0 Å². The maximum atomic E-state index is 12.2. The number of para-hydroxylation sites is 1. The number of ether oxygens (including phenoxy) is 1. The summed E-state index contributed by atoms with van der Waals surface area (Å²) in [7, 11) is 0. The zero-order chi connectivity index (χ0) is 21.3. The molecule has 7 nitrogen and oxygen atoms in total. The van der Waals surface area contributed by atoms with Gasteiger partial charge in [0, 0.05) is 11.3 Å². The van der Waals surface area contributed by atoms with Gasteiger partial charge in [0.25, 0.3) is 5.91 Å².